The van der Waals surface area contributed by atoms with Crippen molar-refractivity contribution in [2.75, 3.05) is 17.3 Å². The predicted molar refractivity (Wildman–Crippen MR) is 119 cm³/mol. The second kappa shape index (κ2) is 9.34. The number of hydrogen-bond acceptors (Lipinski definition) is 6. The predicted octanol–water partition coefficient (Wildman–Crippen LogP) is 4.66. The van der Waals surface area contributed by atoms with E-state index < -0.39 is 28.9 Å². The topological polar surface area (TPSA) is 81.1 Å². The Kier molecular flexibility index (Phi) is 6.50. The monoisotopic (exact) mass is 477 g/mol. The first-order valence-electron chi connectivity index (χ1n) is 10.4. The number of carbonyl (C=O) groups is 1. The molecule has 2 N–H and O–H groups in total. The van der Waals surface area contributed by atoms with Crippen molar-refractivity contribution in [3.05, 3.63) is 65.5 Å². The van der Waals surface area contributed by atoms with Crippen LogP contribution in [0.3, 0.4) is 0 Å². The molecule has 1 aromatic heterocycles. The number of fused-ring (bicyclic) bond motifs is 1. The Balaban J connectivity index is 1.64. The molecule has 1 amide bonds. The summed E-state index contributed by atoms with van der Waals surface area (Å²) in [6.07, 6.45) is -3.86. The standard InChI is InChI=1S/C22H22F3N5O2S/c1-3-17-27-28-21-30(17)29-18(13-8-10-16(11-9-13)32-4-2)19(33-21)20(31)26-15-7-5-6-14(12-15)22(23,24)25/h5-12,18-19,29H,3-4H2,1-2H3,(H,26,31). The smallest absolute Gasteiger partial charge is 0.416 e. The lowest BCUT2D eigenvalue weighted by Crippen LogP contribution is -2.41. The molecule has 2 heterocycles. The Morgan fingerprint density at radius 2 is 1.94 bits per heavy atom. The van der Waals surface area contributed by atoms with E-state index in [1.807, 2.05) is 38.1 Å². The number of nitrogens with one attached hydrogen (secondary N) is 2. The minimum absolute atomic E-state index is 0.0714. The van der Waals surface area contributed by atoms with E-state index in [-0.39, 0.29) is 5.69 Å². The Hall–Kier alpha value is -3.21. The third-order valence-corrected chi connectivity index (χ3v) is 6.30. The van der Waals surface area contributed by atoms with Gasteiger partial charge in [0.05, 0.1) is 18.2 Å². The number of benzene rings is 2. The van der Waals surface area contributed by atoms with Gasteiger partial charge in [-0.3, -0.25) is 4.79 Å². The summed E-state index contributed by atoms with van der Waals surface area (Å²) in [7, 11) is 0. The molecule has 0 bridgehead atoms. The maximum Gasteiger partial charge on any atom is 0.416 e. The van der Waals surface area contributed by atoms with Gasteiger partial charge in [0.1, 0.15) is 11.0 Å². The van der Waals surface area contributed by atoms with Gasteiger partial charge >= 0.3 is 6.18 Å². The van der Waals surface area contributed by atoms with Crippen LogP contribution in [0.1, 0.15) is 36.8 Å². The van der Waals surface area contributed by atoms with Crippen LogP contribution < -0.4 is 15.5 Å². The number of carbonyl (C=O) groups excluding carboxylic acids is 1. The van der Waals surface area contributed by atoms with E-state index in [4.69, 9.17) is 4.74 Å². The number of hydrogen-bond donors (Lipinski definition) is 2. The van der Waals surface area contributed by atoms with Crippen molar-refractivity contribution in [2.24, 2.45) is 0 Å². The maximum atomic E-state index is 13.2. The molecule has 0 radical (unpaired) electrons. The summed E-state index contributed by atoms with van der Waals surface area (Å²) in [5.41, 5.74) is 3.36. The fourth-order valence-electron chi connectivity index (χ4n) is 3.50. The van der Waals surface area contributed by atoms with Crippen LogP contribution in [0.5, 0.6) is 5.75 Å². The van der Waals surface area contributed by atoms with Crippen LogP contribution >= 0.6 is 11.8 Å². The molecule has 0 saturated heterocycles. The van der Waals surface area contributed by atoms with Gasteiger partial charge in [0.2, 0.25) is 11.1 Å². The number of aromatic nitrogens is 3. The van der Waals surface area contributed by atoms with Crippen LogP contribution in [0.2, 0.25) is 0 Å². The van der Waals surface area contributed by atoms with Crippen LogP contribution in [-0.4, -0.2) is 32.6 Å². The number of rotatable bonds is 6. The Labute approximate surface area is 192 Å². The van der Waals surface area contributed by atoms with Crippen molar-refractivity contribution in [3.63, 3.8) is 0 Å². The molecular formula is C22H22F3N5O2S. The number of aryl methyl sites for hydroxylation is 1. The highest BCUT2D eigenvalue weighted by atomic mass is 32.2. The maximum absolute atomic E-state index is 13.2. The highest BCUT2D eigenvalue weighted by molar-refractivity contribution is 8.00. The molecule has 2 unspecified atom stereocenters. The largest absolute Gasteiger partial charge is 0.494 e. The zero-order valence-corrected chi connectivity index (χ0v) is 18.7. The van der Waals surface area contributed by atoms with E-state index in [9.17, 15) is 18.0 Å². The van der Waals surface area contributed by atoms with Crippen LogP contribution in [-0.2, 0) is 17.4 Å². The van der Waals surface area contributed by atoms with Gasteiger partial charge in [-0.2, -0.15) is 13.2 Å². The van der Waals surface area contributed by atoms with Gasteiger partial charge in [-0.15, -0.1) is 10.2 Å². The average molecular weight is 478 g/mol. The van der Waals surface area contributed by atoms with Crippen LogP contribution in [0.4, 0.5) is 18.9 Å². The van der Waals surface area contributed by atoms with Crippen LogP contribution in [0.25, 0.3) is 0 Å². The minimum Gasteiger partial charge on any atom is -0.494 e. The van der Waals surface area contributed by atoms with Gasteiger partial charge in [-0.1, -0.05) is 36.9 Å². The lowest BCUT2D eigenvalue weighted by atomic mass is 10.0. The highest BCUT2D eigenvalue weighted by Gasteiger charge is 2.38. The second-order valence-corrected chi connectivity index (χ2v) is 8.41. The second-order valence-electron chi connectivity index (χ2n) is 7.30. The summed E-state index contributed by atoms with van der Waals surface area (Å²) in [6.45, 7) is 4.37. The van der Waals surface area contributed by atoms with E-state index in [2.05, 4.69) is 20.9 Å². The van der Waals surface area contributed by atoms with Gasteiger partial charge in [0.25, 0.3) is 0 Å². The molecular weight excluding hydrogens is 455 g/mol. The van der Waals surface area contributed by atoms with Gasteiger partial charge < -0.3 is 15.5 Å². The number of anilines is 1. The Morgan fingerprint density at radius 3 is 2.61 bits per heavy atom. The fourth-order valence-corrected chi connectivity index (χ4v) is 4.60. The van der Waals surface area contributed by atoms with E-state index in [1.54, 1.807) is 4.68 Å². The SMILES string of the molecule is CCOc1ccc(C2Nn3c(CC)nnc3SC2C(=O)Nc2cccc(C(F)(F)F)c2)cc1. The summed E-state index contributed by atoms with van der Waals surface area (Å²) < 4.78 is 46.5. The molecule has 11 heteroatoms. The number of alkyl halides is 3. The van der Waals surface area contributed by atoms with E-state index in [0.717, 1.165) is 17.7 Å². The van der Waals surface area contributed by atoms with Crippen molar-refractivity contribution < 1.29 is 22.7 Å². The van der Waals surface area contributed by atoms with Crippen molar-refractivity contribution in [1.29, 1.82) is 0 Å². The molecule has 1 aliphatic rings. The highest BCUT2D eigenvalue weighted by Crippen LogP contribution is 2.38. The van der Waals surface area contributed by atoms with Gasteiger partial charge in [-0.25, -0.2) is 4.68 Å². The molecule has 33 heavy (non-hydrogen) atoms. The third-order valence-electron chi connectivity index (χ3n) is 5.09. The fraction of sp³-hybridized carbons (Fsp3) is 0.318. The zero-order chi connectivity index (χ0) is 23.6. The number of ether oxygens (including phenoxy) is 1. The van der Waals surface area contributed by atoms with E-state index in [1.165, 1.54) is 23.9 Å². The molecule has 0 saturated carbocycles. The lowest BCUT2D eigenvalue weighted by molar-refractivity contribution is -0.137. The van der Waals surface area contributed by atoms with E-state index >= 15 is 0 Å². The van der Waals surface area contributed by atoms with E-state index in [0.29, 0.717) is 29.8 Å². The average Bonchev–Trinajstić information content (AvgIpc) is 3.21. The number of thioether (sulfide) groups is 1. The van der Waals surface area contributed by atoms with Crippen LogP contribution in [0.15, 0.2) is 53.7 Å². The number of nitrogens with zero attached hydrogens (tertiary/aromatic N) is 3. The lowest BCUT2D eigenvalue weighted by Gasteiger charge is -2.33. The molecule has 0 aliphatic carbocycles. The summed E-state index contributed by atoms with van der Waals surface area (Å²) >= 11 is 1.21. The van der Waals surface area contributed by atoms with Crippen molar-refractivity contribution >= 4 is 23.4 Å². The molecule has 2 atom stereocenters. The first kappa shape index (κ1) is 23.0. The van der Waals surface area contributed by atoms with Gasteiger partial charge in [0, 0.05) is 12.1 Å². The van der Waals surface area contributed by atoms with Crippen molar-refractivity contribution in [1.82, 2.24) is 14.9 Å². The summed E-state index contributed by atoms with van der Waals surface area (Å²) in [6, 6.07) is 11.4. The van der Waals surface area contributed by atoms with Crippen LogP contribution in [0, 0.1) is 0 Å². The minimum atomic E-state index is -4.50. The van der Waals surface area contributed by atoms with Gasteiger partial charge in [-0.05, 0) is 42.8 Å². The Morgan fingerprint density at radius 1 is 1.18 bits per heavy atom. The molecule has 174 valence electrons. The first-order valence-corrected chi connectivity index (χ1v) is 11.3. The number of amides is 1. The summed E-state index contributed by atoms with van der Waals surface area (Å²) in [4.78, 5) is 13.2. The molecule has 0 spiro atoms. The first-order chi connectivity index (χ1) is 15.8. The Bertz CT molecular complexity index is 1130. The molecule has 1 aliphatic heterocycles. The molecule has 7 nitrogen and oxygen atoms in total. The quantitative estimate of drug-likeness (QED) is 0.538. The molecule has 4 rings (SSSR count). The molecule has 3 aromatic rings. The normalized spacial score (nSPS) is 17.7. The molecule has 2 aromatic carbocycles. The molecule has 0 fully saturated rings. The third kappa shape index (κ3) is 4.92. The summed E-state index contributed by atoms with van der Waals surface area (Å²) in [5, 5.41) is 10.7. The van der Waals surface area contributed by atoms with Crippen molar-refractivity contribution in [2.45, 2.75) is 42.9 Å². The number of halogens is 3. The van der Waals surface area contributed by atoms with Crippen molar-refractivity contribution in [3.8, 4) is 5.75 Å². The zero-order valence-electron chi connectivity index (χ0n) is 17.9. The summed E-state index contributed by atoms with van der Waals surface area (Å²) in [5.74, 6) is 0.970. The van der Waals surface area contributed by atoms with Gasteiger partial charge in [0.15, 0.2) is 5.82 Å².